The van der Waals surface area contributed by atoms with Gasteiger partial charge in [-0.05, 0) is 37.6 Å². The van der Waals surface area contributed by atoms with Gasteiger partial charge in [0.25, 0.3) is 0 Å². The van der Waals surface area contributed by atoms with Crippen molar-refractivity contribution in [1.29, 1.82) is 0 Å². The molecular formula is C16H26N2O5S. The van der Waals surface area contributed by atoms with E-state index in [1.807, 2.05) is 13.8 Å². The highest BCUT2D eigenvalue weighted by atomic mass is 32.2. The lowest BCUT2D eigenvalue weighted by atomic mass is 10.2. The minimum absolute atomic E-state index is 0.00876. The van der Waals surface area contributed by atoms with Crippen molar-refractivity contribution < 1.29 is 22.7 Å². The number of nitrogens with zero attached hydrogens (tertiary/aromatic N) is 1. The third-order valence-electron chi connectivity index (χ3n) is 3.48. The smallest absolute Gasteiger partial charge is 0.235 e. The number of hydrogen-bond acceptors (Lipinski definition) is 5. The fourth-order valence-corrected chi connectivity index (χ4v) is 2.64. The molecule has 0 fully saturated rings. The topological polar surface area (TPSA) is 84.9 Å². The molecule has 0 aliphatic rings. The van der Waals surface area contributed by atoms with Gasteiger partial charge in [-0.15, -0.1) is 0 Å². The highest BCUT2D eigenvalue weighted by molar-refractivity contribution is 7.88. The Morgan fingerprint density at radius 3 is 2.33 bits per heavy atom. The summed E-state index contributed by atoms with van der Waals surface area (Å²) in [5.41, 5.74) is 0. The number of methoxy groups -OCH3 is 1. The molecule has 1 amide bonds. The fourth-order valence-electron chi connectivity index (χ4n) is 1.88. The van der Waals surface area contributed by atoms with E-state index in [0.717, 1.165) is 17.0 Å². The third kappa shape index (κ3) is 7.18. The van der Waals surface area contributed by atoms with Crippen LogP contribution in [0.3, 0.4) is 0 Å². The second-order valence-electron chi connectivity index (χ2n) is 5.50. The Bertz CT molecular complexity index is 616. The quantitative estimate of drug-likeness (QED) is 0.680. The van der Waals surface area contributed by atoms with Gasteiger partial charge in [0.1, 0.15) is 18.1 Å². The maximum Gasteiger partial charge on any atom is 0.235 e. The zero-order valence-corrected chi connectivity index (χ0v) is 15.4. The number of hydrogen-bond donors (Lipinski definition) is 1. The van der Waals surface area contributed by atoms with Crippen molar-refractivity contribution in [2.75, 3.05) is 33.1 Å². The van der Waals surface area contributed by atoms with Crippen LogP contribution in [0.4, 0.5) is 0 Å². The summed E-state index contributed by atoms with van der Waals surface area (Å²) in [5.74, 6) is 0.995. The number of benzene rings is 1. The van der Waals surface area contributed by atoms with Gasteiger partial charge in [0, 0.05) is 12.6 Å². The number of rotatable bonds is 10. The molecule has 24 heavy (non-hydrogen) atoms. The highest BCUT2D eigenvalue weighted by Gasteiger charge is 2.20. The molecule has 1 rings (SSSR count). The van der Waals surface area contributed by atoms with Crippen LogP contribution in [0.1, 0.15) is 20.3 Å². The van der Waals surface area contributed by atoms with Crippen molar-refractivity contribution in [3.8, 4) is 11.5 Å². The van der Waals surface area contributed by atoms with E-state index in [1.54, 1.807) is 31.4 Å². The Morgan fingerprint density at radius 1 is 1.25 bits per heavy atom. The van der Waals surface area contributed by atoms with E-state index in [1.165, 1.54) is 0 Å². The summed E-state index contributed by atoms with van der Waals surface area (Å²) in [7, 11) is -1.92. The largest absolute Gasteiger partial charge is 0.497 e. The van der Waals surface area contributed by atoms with E-state index in [0.29, 0.717) is 11.5 Å². The van der Waals surface area contributed by atoms with Crippen LogP contribution in [0.2, 0.25) is 0 Å². The fraction of sp³-hybridized carbons (Fsp3) is 0.562. The van der Waals surface area contributed by atoms with E-state index in [4.69, 9.17) is 9.47 Å². The van der Waals surface area contributed by atoms with Crippen molar-refractivity contribution in [2.45, 2.75) is 26.3 Å². The zero-order chi connectivity index (χ0) is 18.2. The third-order valence-corrected chi connectivity index (χ3v) is 4.73. The Morgan fingerprint density at radius 2 is 1.83 bits per heavy atom. The molecule has 1 unspecified atom stereocenters. The van der Waals surface area contributed by atoms with E-state index in [2.05, 4.69) is 5.32 Å². The summed E-state index contributed by atoms with van der Waals surface area (Å²) >= 11 is 0. The molecular weight excluding hydrogens is 332 g/mol. The minimum atomic E-state index is -3.50. The first kappa shape index (κ1) is 20.2. The average Bonchev–Trinajstić information content (AvgIpc) is 2.53. The molecule has 8 heteroatoms. The lowest BCUT2D eigenvalue weighted by molar-refractivity contribution is -0.121. The van der Waals surface area contributed by atoms with Crippen LogP contribution in [0, 0.1) is 0 Å². The molecule has 0 saturated carbocycles. The van der Waals surface area contributed by atoms with E-state index < -0.39 is 10.0 Å². The summed E-state index contributed by atoms with van der Waals surface area (Å²) in [6.45, 7) is 3.85. The monoisotopic (exact) mass is 358 g/mol. The Kier molecular flexibility index (Phi) is 8.00. The SMILES string of the molecule is CCC(C)NC(=O)CN(CCOc1ccc(OC)cc1)S(C)(=O)=O. The van der Waals surface area contributed by atoms with Gasteiger partial charge < -0.3 is 14.8 Å². The van der Waals surface area contributed by atoms with Gasteiger partial charge in [-0.25, -0.2) is 8.42 Å². The number of ether oxygens (including phenoxy) is 2. The molecule has 1 aromatic carbocycles. The molecule has 0 spiro atoms. The number of carbonyl (C=O) groups is 1. The summed E-state index contributed by atoms with van der Waals surface area (Å²) < 4.78 is 35.3. The van der Waals surface area contributed by atoms with E-state index in [9.17, 15) is 13.2 Å². The van der Waals surface area contributed by atoms with Gasteiger partial charge in [-0.2, -0.15) is 4.31 Å². The van der Waals surface area contributed by atoms with Crippen molar-refractivity contribution in [3.63, 3.8) is 0 Å². The van der Waals surface area contributed by atoms with E-state index in [-0.39, 0.29) is 31.6 Å². The number of sulfonamides is 1. The van der Waals surface area contributed by atoms with Crippen LogP contribution in [-0.2, 0) is 14.8 Å². The normalized spacial score (nSPS) is 12.7. The Balaban J connectivity index is 2.55. The summed E-state index contributed by atoms with van der Waals surface area (Å²) in [4.78, 5) is 11.9. The standard InChI is InChI=1S/C16H26N2O5S/c1-5-13(2)17-16(19)12-18(24(4,20)21)10-11-23-15-8-6-14(22-3)7-9-15/h6-9,13H,5,10-12H2,1-4H3,(H,17,19). The number of amides is 1. The first-order valence-electron chi connectivity index (χ1n) is 7.77. The van der Waals surface area contributed by atoms with Crippen LogP contribution in [0.25, 0.3) is 0 Å². The highest BCUT2D eigenvalue weighted by Crippen LogP contribution is 2.16. The van der Waals surface area contributed by atoms with Crippen LogP contribution in [0.5, 0.6) is 11.5 Å². The number of nitrogens with one attached hydrogen (secondary N) is 1. The zero-order valence-electron chi connectivity index (χ0n) is 14.6. The first-order valence-corrected chi connectivity index (χ1v) is 9.62. The second kappa shape index (κ2) is 9.48. The first-order chi connectivity index (χ1) is 11.3. The maximum atomic E-state index is 11.9. The molecule has 0 heterocycles. The van der Waals surface area contributed by atoms with Crippen molar-refractivity contribution >= 4 is 15.9 Å². The lowest BCUT2D eigenvalue weighted by Crippen LogP contribution is -2.44. The lowest BCUT2D eigenvalue weighted by Gasteiger charge is -2.21. The van der Waals surface area contributed by atoms with Gasteiger partial charge in [-0.3, -0.25) is 4.79 Å². The van der Waals surface area contributed by atoms with Gasteiger partial charge in [0.2, 0.25) is 15.9 Å². The molecule has 0 bridgehead atoms. The predicted molar refractivity (Wildman–Crippen MR) is 92.8 cm³/mol. The van der Waals surface area contributed by atoms with Gasteiger partial charge >= 0.3 is 0 Å². The molecule has 0 aliphatic carbocycles. The van der Waals surface area contributed by atoms with Gasteiger partial charge in [-0.1, -0.05) is 6.92 Å². The predicted octanol–water partition coefficient (Wildman–Crippen LogP) is 1.25. The van der Waals surface area contributed by atoms with Crippen molar-refractivity contribution in [1.82, 2.24) is 9.62 Å². The summed E-state index contributed by atoms with van der Waals surface area (Å²) in [6.07, 6.45) is 1.86. The molecule has 0 aromatic heterocycles. The van der Waals surface area contributed by atoms with Crippen LogP contribution >= 0.6 is 0 Å². The molecule has 7 nitrogen and oxygen atoms in total. The van der Waals surface area contributed by atoms with Crippen LogP contribution in [0.15, 0.2) is 24.3 Å². The van der Waals surface area contributed by atoms with Crippen molar-refractivity contribution in [2.24, 2.45) is 0 Å². The second-order valence-corrected chi connectivity index (χ2v) is 7.48. The average molecular weight is 358 g/mol. The molecule has 1 aromatic rings. The molecule has 0 saturated heterocycles. The Hall–Kier alpha value is -1.80. The van der Waals surface area contributed by atoms with E-state index >= 15 is 0 Å². The molecule has 1 atom stereocenters. The maximum absolute atomic E-state index is 11.9. The molecule has 0 radical (unpaired) electrons. The van der Waals surface area contributed by atoms with Gasteiger partial charge in [0.15, 0.2) is 0 Å². The molecule has 136 valence electrons. The van der Waals surface area contributed by atoms with Gasteiger partial charge in [0.05, 0.1) is 19.9 Å². The van der Waals surface area contributed by atoms with Crippen LogP contribution in [-0.4, -0.2) is 57.7 Å². The minimum Gasteiger partial charge on any atom is -0.497 e. The summed E-state index contributed by atoms with van der Waals surface area (Å²) in [5, 5.41) is 2.75. The molecule has 0 aliphatic heterocycles. The summed E-state index contributed by atoms with van der Waals surface area (Å²) in [6, 6.07) is 6.99. The molecule has 1 N–H and O–H groups in total. The number of carbonyl (C=O) groups excluding carboxylic acids is 1. The Labute approximate surface area is 144 Å². The van der Waals surface area contributed by atoms with Crippen molar-refractivity contribution in [3.05, 3.63) is 24.3 Å². The van der Waals surface area contributed by atoms with Crippen LogP contribution < -0.4 is 14.8 Å².